The third kappa shape index (κ3) is 4.52. The number of thiophene rings is 3. The topological polar surface area (TPSA) is 105 Å². The van der Waals surface area contributed by atoms with Crippen LogP contribution in [-0.2, 0) is 4.74 Å². The Labute approximate surface area is 200 Å². The van der Waals surface area contributed by atoms with E-state index >= 15 is 0 Å². The van der Waals surface area contributed by atoms with Crippen LogP contribution in [0.2, 0.25) is 0 Å². The molecule has 0 unspecified atom stereocenters. The maximum Gasteiger partial charge on any atom is 0.330 e. The number of ether oxygens (including phenoxy) is 1. The fraction of sp³-hybridized carbons (Fsp3) is 0.217. The first-order valence-corrected chi connectivity index (χ1v) is 12.6. The molecule has 4 aromatic rings. The summed E-state index contributed by atoms with van der Waals surface area (Å²) >= 11 is 4.96. The highest BCUT2D eigenvalue weighted by Crippen LogP contribution is 2.38. The third-order valence-electron chi connectivity index (χ3n) is 5.20. The first kappa shape index (κ1) is 22.0. The molecule has 1 saturated heterocycles. The van der Waals surface area contributed by atoms with Crippen molar-refractivity contribution >= 4 is 34.0 Å². The summed E-state index contributed by atoms with van der Waals surface area (Å²) in [7, 11) is 0. The zero-order valence-corrected chi connectivity index (χ0v) is 19.5. The monoisotopic (exact) mass is 498 g/mol. The van der Waals surface area contributed by atoms with Gasteiger partial charge in [-0.2, -0.15) is 0 Å². The van der Waals surface area contributed by atoms with Crippen LogP contribution in [0.4, 0.5) is 0 Å². The molecule has 1 fully saturated rings. The Balaban J connectivity index is 1.39. The van der Waals surface area contributed by atoms with Gasteiger partial charge in [-0.25, -0.2) is 4.79 Å². The van der Waals surface area contributed by atoms with Crippen molar-refractivity contribution < 1.29 is 14.9 Å². The Morgan fingerprint density at radius 3 is 2.55 bits per heavy atom. The molecule has 3 atom stereocenters. The average molecular weight is 499 g/mol. The molecule has 5 rings (SSSR count). The molecule has 10 heteroatoms. The Kier molecular flexibility index (Phi) is 6.16. The smallest absolute Gasteiger partial charge is 0.330 e. The molecule has 0 spiro atoms. The second-order valence-corrected chi connectivity index (χ2v) is 10.5. The predicted molar refractivity (Wildman–Crippen MR) is 130 cm³/mol. The van der Waals surface area contributed by atoms with Gasteiger partial charge in [-0.1, -0.05) is 17.9 Å². The normalized spacial score (nSPS) is 20.0. The van der Waals surface area contributed by atoms with Gasteiger partial charge in [0.25, 0.3) is 5.56 Å². The van der Waals surface area contributed by atoms with Crippen molar-refractivity contribution in [2.75, 3.05) is 6.61 Å². The van der Waals surface area contributed by atoms with E-state index in [1.54, 1.807) is 22.7 Å². The Morgan fingerprint density at radius 2 is 1.82 bits per heavy atom. The summed E-state index contributed by atoms with van der Waals surface area (Å²) in [6.07, 6.45) is -0.980. The van der Waals surface area contributed by atoms with E-state index in [2.05, 4.69) is 40.4 Å². The summed E-state index contributed by atoms with van der Waals surface area (Å²) in [6, 6.07) is 12.3. The van der Waals surface area contributed by atoms with E-state index in [1.165, 1.54) is 31.9 Å². The lowest BCUT2D eigenvalue weighted by atomic mass is 10.2. The molecular formula is C23H18N2O5S3. The number of rotatable bonds is 4. The Morgan fingerprint density at radius 1 is 1.06 bits per heavy atom. The maximum absolute atomic E-state index is 12.3. The SMILES string of the molecule is O=c1[nH]c(=O)n([C@H]2C[C@H](O)[C@@H](CO)O2)cc1C#Cc1ccc(-c2ccc(-c3cccs3)s2)s1. The predicted octanol–water partition coefficient (Wildman–Crippen LogP) is 3.10. The Hall–Kier alpha value is -2.78. The lowest BCUT2D eigenvalue weighted by molar-refractivity contribution is -0.0459. The molecule has 1 aliphatic heterocycles. The van der Waals surface area contributed by atoms with Crippen molar-refractivity contribution in [3.05, 3.63) is 79.3 Å². The number of H-pyrrole nitrogens is 1. The minimum atomic E-state index is -0.893. The molecule has 7 nitrogen and oxygen atoms in total. The third-order valence-corrected chi connectivity index (χ3v) is 8.55. The highest BCUT2D eigenvalue weighted by molar-refractivity contribution is 7.26. The number of aromatic amines is 1. The van der Waals surface area contributed by atoms with Crippen LogP contribution < -0.4 is 11.2 Å². The first-order valence-electron chi connectivity index (χ1n) is 10.1. The molecule has 3 N–H and O–H groups in total. The van der Waals surface area contributed by atoms with Gasteiger partial charge in [0.05, 0.1) is 17.6 Å². The van der Waals surface area contributed by atoms with Gasteiger partial charge in [-0.05, 0) is 35.7 Å². The van der Waals surface area contributed by atoms with E-state index in [9.17, 15) is 19.8 Å². The van der Waals surface area contributed by atoms with Crippen molar-refractivity contribution in [2.24, 2.45) is 0 Å². The van der Waals surface area contributed by atoms with Gasteiger partial charge in [0.15, 0.2) is 0 Å². The summed E-state index contributed by atoms with van der Waals surface area (Å²) in [5.41, 5.74) is -1.12. The molecule has 0 bridgehead atoms. The lowest BCUT2D eigenvalue weighted by Crippen LogP contribution is -2.33. The molecule has 1 aliphatic rings. The van der Waals surface area contributed by atoms with Gasteiger partial charge in [-0.3, -0.25) is 14.3 Å². The van der Waals surface area contributed by atoms with Crippen LogP contribution in [0, 0.1) is 11.8 Å². The maximum atomic E-state index is 12.3. The molecule has 0 saturated carbocycles. The average Bonchev–Trinajstić information content (AvgIpc) is 3.59. The number of hydrogen-bond donors (Lipinski definition) is 3. The lowest BCUT2D eigenvalue weighted by Gasteiger charge is -2.14. The molecule has 33 heavy (non-hydrogen) atoms. The van der Waals surface area contributed by atoms with E-state index in [-0.39, 0.29) is 18.6 Å². The van der Waals surface area contributed by atoms with Crippen LogP contribution in [-0.4, -0.2) is 38.6 Å². The standard InChI is InChI=1S/C23H18N2O5S3/c26-12-16-15(27)10-21(30-16)25-11-13(22(28)24-23(25)29)3-4-14-5-6-19(32-14)20-8-7-18(33-20)17-2-1-9-31-17/h1-2,5-9,11,15-16,21,26-27H,10,12H2,(H,24,28,29)/t15-,16+,21+/m0/s1. The second kappa shape index (κ2) is 9.23. The zero-order chi connectivity index (χ0) is 22.9. The summed E-state index contributed by atoms with van der Waals surface area (Å²) in [6.45, 7) is -0.359. The van der Waals surface area contributed by atoms with Crippen molar-refractivity contribution in [3.8, 4) is 31.3 Å². The van der Waals surface area contributed by atoms with Crippen molar-refractivity contribution in [2.45, 2.75) is 24.9 Å². The number of nitrogens with zero attached hydrogens (tertiary/aromatic N) is 1. The molecule has 168 valence electrons. The van der Waals surface area contributed by atoms with E-state index in [4.69, 9.17) is 4.74 Å². The summed E-state index contributed by atoms with van der Waals surface area (Å²) in [5, 5.41) is 21.3. The largest absolute Gasteiger partial charge is 0.394 e. The molecule has 0 amide bonds. The zero-order valence-electron chi connectivity index (χ0n) is 17.1. The summed E-state index contributed by atoms with van der Waals surface area (Å²) < 4.78 is 6.72. The number of aliphatic hydroxyl groups excluding tert-OH is 2. The van der Waals surface area contributed by atoms with Crippen LogP contribution in [0.1, 0.15) is 23.1 Å². The Bertz CT molecular complexity index is 1450. The molecule has 0 aromatic carbocycles. The summed E-state index contributed by atoms with van der Waals surface area (Å²) in [4.78, 5) is 32.2. The number of aromatic nitrogens is 2. The highest BCUT2D eigenvalue weighted by Gasteiger charge is 2.35. The van der Waals surface area contributed by atoms with Gasteiger partial charge in [0, 0.05) is 32.1 Å². The minimum absolute atomic E-state index is 0.117. The summed E-state index contributed by atoms with van der Waals surface area (Å²) in [5.74, 6) is 5.85. The van der Waals surface area contributed by atoms with Crippen LogP contribution in [0.15, 0.2) is 57.6 Å². The van der Waals surface area contributed by atoms with Crippen molar-refractivity contribution in [1.82, 2.24) is 9.55 Å². The van der Waals surface area contributed by atoms with Crippen molar-refractivity contribution in [1.29, 1.82) is 0 Å². The van der Waals surface area contributed by atoms with E-state index in [1.807, 2.05) is 18.2 Å². The van der Waals surface area contributed by atoms with E-state index in [0.29, 0.717) is 0 Å². The van der Waals surface area contributed by atoms with Gasteiger partial charge in [0.1, 0.15) is 17.9 Å². The van der Waals surface area contributed by atoms with Crippen LogP contribution >= 0.6 is 34.0 Å². The second-order valence-electron chi connectivity index (χ2n) is 7.38. The van der Waals surface area contributed by atoms with Crippen LogP contribution in [0.5, 0.6) is 0 Å². The first-order chi connectivity index (χ1) is 16.0. The van der Waals surface area contributed by atoms with E-state index < -0.39 is 29.7 Å². The van der Waals surface area contributed by atoms with Crippen LogP contribution in [0.25, 0.3) is 19.5 Å². The van der Waals surface area contributed by atoms with Gasteiger partial charge in [-0.15, -0.1) is 34.0 Å². The minimum Gasteiger partial charge on any atom is -0.394 e. The van der Waals surface area contributed by atoms with Crippen molar-refractivity contribution in [3.63, 3.8) is 0 Å². The van der Waals surface area contributed by atoms with Crippen LogP contribution in [0.3, 0.4) is 0 Å². The molecule has 4 aromatic heterocycles. The van der Waals surface area contributed by atoms with Gasteiger partial charge in [0.2, 0.25) is 0 Å². The fourth-order valence-corrected chi connectivity index (χ4v) is 6.32. The molecule has 5 heterocycles. The number of nitrogens with one attached hydrogen (secondary N) is 1. The quantitative estimate of drug-likeness (QED) is 0.375. The van der Waals surface area contributed by atoms with Gasteiger partial charge >= 0.3 is 5.69 Å². The van der Waals surface area contributed by atoms with Gasteiger partial charge < -0.3 is 14.9 Å². The van der Waals surface area contributed by atoms with E-state index in [0.717, 1.165) is 14.6 Å². The molecular weight excluding hydrogens is 480 g/mol. The highest BCUT2D eigenvalue weighted by atomic mass is 32.1. The fourth-order valence-electron chi connectivity index (χ4n) is 3.53. The molecule has 0 aliphatic carbocycles. The number of hydrogen-bond acceptors (Lipinski definition) is 8. The molecule has 0 radical (unpaired) electrons. The number of aliphatic hydroxyl groups is 2.